The first-order valence-corrected chi connectivity index (χ1v) is 7.01. The van der Waals surface area contributed by atoms with Gasteiger partial charge in [-0.3, -0.25) is 0 Å². The van der Waals surface area contributed by atoms with E-state index in [1.54, 1.807) is 0 Å². The van der Waals surface area contributed by atoms with Crippen LogP contribution >= 0.6 is 15.9 Å². The molecule has 1 aliphatic rings. The van der Waals surface area contributed by atoms with E-state index >= 15 is 0 Å². The van der Waals surface area contributed by atoms with Crippen LogP contribution < -0.4 is 0 Å². The highest BCUT2D eigenvalue weighted by atomic mass is 79.9. The van der Waals surface area contributed by atoms with Crippen LogP contribution in [0.3, 0.4) is 0 Å². The first-order valence-electron chi connectivity index (χ1n) is 6.22. The van der Waals surface area contributed by atoms with E-state index in [-0.39, 0.29) is 0 Å². The quantitative estimate of drug-likeness (QED) is 0.868. The predicted molar refractivity (Wildman–Crippen MR) is 74.3 cm³/mol. The summed E-state index contributed by atoms with van der Waals surface area (Å²) in [5.41, 5.74) is 1.13. The standard InChI is InChI=1S/C14H15BrN2O/c15-13-6-2-1-5-12(13)14-16-7-8-17(14)10-11-4-3-9-18-11/h1-2,5-8,11H,3-4,9-10H2. The maximum absolute atomic E-state index is 5.69. The van der Waals surface area contributed by atoms with Crippen molar-refractivity contribution in [2.75, 3.05) is 6.61 Å². The molecule has 1 saturated heterocycles. The van der Waals surface area contributed by atoms with Gasteiger partial charge in [-0.2, -0.15) is 0 Å². The minimum absolute atomic E-state index is 0.334. The summed E-state index contributed by atoms with van der Waals surface area (Å²) in [5, 5.41) is 0. The predicted octanol–water partition coefficient (Wildman–Crippen LogP) is 3.49. The Morgan fingerprint density at radius 3 is 3.06 bits per heavy atom. The minimum atomic E-state index is 0.334. The molecule has 0 N–H and O–H groups in total. The minimum Gasteiger partial charge on any atom is -0.376 e. The molecule has 0 amide bonds. The normalized spacial score (nSPS) is 19.3. The zero-order chi connectivity index (χ0) is 12.4. The molecule has 1 aromatic carbocycles. The van der Waals surface area contributed by atoms with Crippen LogP contribution in [0.5, 0.6) is 0 Å². The number of hydrogen-bond donors (Lipinski definition) is 0. The van der Waals surface area contributed by atoms with Gasteiger partial charge in [0, 0.05) is 29.0 Å². The Morgan fingerprint density at radius 2 is 2.28 bits per heavy atom. The molecular formula is C14H15BrN2O. The zero-order valence-electron chi connectivity index (χ0n) is 10.1. The molecule has 94 valence electrons. The van der Waals surface area contributed by atoms with Crippen LogP contribution in [-0.2, 0) is 11.3 Å². The number of halogens is 1. The van der Waals surface area contributed by atoms with E-state index in [9.17, 15) is 0 Å². The van der Waals surface area contributed by atoms with E-state index < -0.39 is 0 Å². The topological polar surface area (TPSA) is 27.1 Å². The van der Waals surface area contributed by atoms with Crippen LogP contribution in [0.1, 0.15) is 12.8 Å². The number of nitrogens with zero attached hydrogens (tertiary/aromatic N) is 2. The molecule has 0 saturated carbocycles. The number of ether oxygens (including phenoxy) is 1. The maximum Gasteiger partial charge on any atom is 0.141 e. The van der Waals surface area contributed by atoms with Crippen molar-refractivity contribution in [1.29, 1.82) is 0 Å². The second-order valence-electron chi connectivity index (χ2n) is 4.52. The fraction of sp³-hybridized carbons (Fsp3) is 0.357. The van der Waals surface area contributed by atoms with Gasteiger partial charge in [0.05, 0.1) is 12.6 Å². The second-order valence-corrected chi connectivity index (χ2v) is 5.37. The SMILES string of the molecule is Brc1ccccc1-c1nccn1CC1CCCO1. The summed E-state index contributed by atoms with van der Waals surface area (Å²) in [5.74, 6) is 0.998. The highest BCUT2D eigenvalue weighted by molar-refractivity contribution is 9.10. The van der Waals surface area contributed by atoms with Gasteiger partial charge in [-0.25, -0.2) is 4.98 Å². The monoisotopic (exact) mass is 306 g/mol. The van der Waals surface area contributed by atoms with Crippen molar-refractivity contribution in [2.45, 2.75) is 25.5 Å². The summed E-state index contributed by atoms with van der Waals surface area (Å²) in [6.45, 7) is 1.78. The van der Waals surface area contributed by atoms with Gasteiger partial charge in [0.2, 0.25) is 0 Å². The van der Waals surface area contributed by atoms with Crippen molar-refractivity contribution in [2.24, 2.45) is 0 Å². The zero-order valence-corrected chi connectivity index (χ0v) is 11.6. The average molecular weight is 307 g/mol. The molecular weight excluding hydrogens is 292 g/mol. The van der Waals surface area contributed by atoms with Crippen molar-refractivity contribution in [3.8, 4) is 11.4 Å². The summed E-state index contributed by atoms with van der Waals surface area (Å²) >= 11 is 3.58. The van der Waals surface area contributed by atoms with Gasteiger partial charge < -0.3 is 9.30 Å². The first-order chi connectivity index (χ1) is 8.84. The van der Waals surface area contributed by atoms with E-state index in [1.165, 1.54) is 6.42 Å². The molecule has 4 heteroatoms. The van der Waals surface area contributed by atoms with Crippen molar-refractivity contribution in [3.05, 3.63) is 41.1 Å². The molecule has 1 atom stereocenters. The van der Waals surface area contributed by atoms with Gasteiger partial charge in [-0.1, -0.05) is 34.1 Å². The third kappa shape index (κ3) is 2.35. The molecule has 0 bridgehead atoms. The average Bonchev–Trinajstić information content (AvgIpc) is 3.02. The molecule has 18 heavy (non-hydrogen) atoms. The molecule has 0 spiro atoms. The van der Waals surface area contributed by atoms with Gasteiger partial charge >= 0.3 is 0 Å². The lowest BCUT2D eigenvalue weighted by Gasteiger charge is -2.13. The third-order valence-electron chi connectivity index (χ3n) is 3.25. The van der Waals surface area contributed by atoms with Crippen LogP contribution in [0, 0.1) is 0 Å². The van der Waals surface area contributed by atoms with Gasteiger partial charge in [-0.05, 0) is 18.9 Å². The lowest BCUT2D eigenvalue weighted by atomic mass is 10.2. The van der Waals surface area contributed by atoms with Gasteiger partial charge in [0.1, 0.15) is 5.82 Å². The molecule has 1 unspecified atom stereocenters. The van der Waals surface area contributed by atoms with Crippen LogP contribution in [-0.4, -0.2) is 22.3 Å². The summed E-state index contributed by atoms with van der Waals surface area (Å²) in [6, 6.07) is 8.17. The van der Waals surface area contributed by atoms with Crippen LogP contribution in [0.2, 0.25) is 0 Å². The first kappa shape index (κ1) is 11.9. The van der Waals surface area contributed by atoms with E-state index in [0.29, 0.717) is 6.10 Å². The Hall–Kier alpha value is -1.13. The molecule has 3 nitrogen and oxygen atoms in total. The molecule has 1 aliphatic heterocycles. The van der Waals surface area contributed by atoms with Gasteiger partial charge in [0.25, 0.3) is 0 Å². The van der Waals surface area contributed by atoms with Crippen LogP contribution in [0.25, 0.3) is 11.4 Å². The largest absolute Gasteiger partial charge is 0.376 e. The van der Waals surface area contributed by atoms with E-state index in [0.717, 1.165) is 35.4 Å². The molecule has 1 aromatic heterocycles. The lowest BCUT2D eigenvalue weighted by Crippen LogP contribution is -2.15. The van der Waals surface area contributed by atoms with Gasteiger partial charge in [-0.15, -0.1) is 0 Å². The summed E-state index contributed by atoms with van der Waals surface area (Å²) in [4.78, 5) is 4.47. The molecule has 2 heterocycles. The Bertz CT molecular complexity index is 532. The molecule has 0 radical (unpaired) electrons. The highest BCUT2D eigenvalue weighted by Gasteiger charge is 2.18. The van der Waals surface area contributed by atoms with Crippen molar-refractivity contribution >= 4 is 15.9 Å². The molecule has 2 aromatic rings. The van der Waals surface area contributed by atoms with Crippen LogP contribution in [0.15, 0.2) is 41.1 Å². The number of aromatic nitrogens is 2. The van der Waals surface area contributed by atoms with Crippen molar-refractivity contribution in [3.63, 3.8) is 0 Å². The maximum atomic E-state index is 5.69. The number of benzene rings is 1. The second kappa shape index (κ2) is 5.24. The van der Waals surface area contributed by atoms with Crippen molar-refractivity contribution in [1.82, 2.24) is 9.55 Å². The fourth-order valence-corrected chi connectivity index (χ4v) is 2.81. The number of rotatable bonds is 3. The fourth-order valence-electron chi connectivity index (χ4n) is 2.35. The van der Waals surface area contributed by atoms with E-state index in [1.807, 2.05) is 30.6 Å². The number of imidazole rings is 1. The summed E-state index contributed by atoms with van der Waals surface area (Å²) < 4.78 is 8.94. The van der Waals surface area contributed by atoms with Crippen molar-refractivity contribution < 1.29 is 4.74 Å². The molecule has 1 fully saturated rings. The van der Waals surface area contributed by atoms with E-state index in [2.05, 4.69) is 31.5 Å². The third-order valence-corrected chi connectivity index (χ3v) is 3.95. The van der Waals surface area contributed by atoms with E-state index in [4.69, 9.17) is 4.74 Å². The Kier molecular flexibility index (Phi) is 3.48. The molecule has 3 rings (SSSR count). The lowest BCUT2D eigenvalue weighted by molar-refractivity contribution is 0.0974. The summed E-state index contributed by atoms with van der Waals surface area (Å²) in [6.07, 6.45) is 6.53. The Labute approximate surface area is 115 Å². The summed E-state index contributed by atoms with van der Waals surface area (Å²) in [7, 11) is 0. The highest BCUT2D eigenvalue weighted by Crippen LogP contribution is 2.27. The van der Waals surface area contributed by atoms with Crippen LogP contribution in [0.4, 0.5) is 0 Å². The smallest absolute Gasteiger partial charge is 0.141 e. The Balaban J connectivity index is 1.89. The van der Waals surface area contributed by atoms with Gasteiger partial charge in [0.15, 0.2) is 0 Å². The molecule has 0 aliphatic carbocycles. The Morgan fingerprint density at radius 1 is 1.39 bits per heavy atom. The number of hydrogen-bond acceptors (Lipinski definition) is 2.